The predicted octanol–water partition coefficient (Wildman–Crippen LogP) is 3.51. The standard InChI is InChI=1S/C6H9NS2.C2H6.B/c1-5(2)7-3-4-9-6(7)8;1-2;/h3-5H,1-2H3;1-2H3;. The average Bonchev–Trinajstić information content (AvgIpc) is 2.39. The lowest BCUT2D eigenvalue weighted by Crippen LogP contribution is -1.96. The molecule has 0 aliphatic heterocycles. The van der Waals surface area contributed by atoms with Crippen LogP contribution in [0.4, 0.5) is 0 Å². The fourth-order valence-corrected chi connectivity index (χ4v) is 1.80. The first-order valence-corrected chi connectivity index (χ1v) is 5.16. The first-order chi connectivity index (χ1) is 5.22. The summed E-state index contributed by atoms with van der Waals surface area (Å²) in [5.74, 6) is 0. The summed E-state index contributed by atoms with van der Waals surface area (Å²) in [5.41, 5.74) is 0. The molecule has 0 unspecified atom stereocenters. The number of hydrogen-bond donors (Lipinski definition) is 0. The van der Waals surface area contributed by atoms with Crippen LogP contribution in [0.25, 0.3) is 0 Å². The van der Waals surface area contributed by atoms with Crippen LogP contribution in [0.15, 0.2) is 11.6 Å². The Morgan fingerprint density at radius 2 is 1.92 bits per heavy atom. The molecule has 0 amide bonds. The molecule has 1 rings (SSSR count). The maximum Gasteiger partial charge on any atom is 0.161 e. The summed E-state index contributed by atoms with van der Waals surface area (Å²) in [6, 6.07) is 0.503. The van der Waals surface area contributed by atoms with Crippen LogP contribution in [0, 0.1) is 3.95 Å². The van der Waals surface area contributed by atoms with Gasteiger partial charge in [-0.1, -0.05) is 13.8 Å². The summed E-state index contributed by atoms with van der Waals surface area (Å²) in [7, 11) is 0. The van der Waals surface area contributed by atoms with E-state index < -0.39 is 0 Å². The van der Waals surface area contributed by atoms with Crippen LogP contribution in [-0.4, -0.2) is 13.0 Å². The Balaban J connectivity index is 0. The van der Waals surface area contributed by atoms with E-state index in [1.165, 1.54) is 0 Å². The van der Waals surface area contributed by atoms with E-state index in [1.807, 2.05) is 25.4 Å². The van der Waals surface area contributed by atoms with Gasteiger partial charge in [-0.3, -0.25) is 0 Å². The van der Waals surface area contributed by atoms with Crippen molar-refractivity contribution in [2.45, 2.75) is 33.7 Å². The molecule has 12 heavy (non-hydrogen) atoms. The molecule has 67 valence electrons. The van der Waals surface area contributed by atoms with Crippen molar-refractivity contribution in [3.63, 3.8) is 0 Å². The van der Waals surface area contributed by atoms with E-state index in [9.17, 15) is 0 Å². The van der Waals surface area contributed by atoms with Gasteiger partial charge in [0.25, 0.3) is 0 Å². The zero-order valence-electron chi connectivity index (χ0n) is 8.07. The highest BCUT2D eigenvalue weighted by molar-refractivity contribution is 7.73. The number of rotatable bonds is 1. The van der Waals surface area contributed by atoms with Gasteiger partial charge in [-0.15, -0.1) is 11.3 Å². The summed E-state index contributed by atoms with van der Waals surface area (Å²) in [5, 5.41) is 2.02. The lowest BCUT2D eigenvalue weighted by molar-refractivity contribution is 0.600. The molecule has 0 spiro atoms. The largest absolute Gasteiger partial charge is 0.328 e. The van der Waals surface area contributed by atoms with Gasteiger partial charge in [0.05, 0.1) is 0 Å². The van der Waals surface area contributed by atoms with E-state index in [1.54, 1.807) is 11.3 Å². The highest BCUT2D eigenvalue weighted by atomic mass is 32.1. The van der Waals surface area contributed by atoms with Crippen LogP contribution in [0.1, 0.15) is 33.7 Å². The third kappa shape index (κ3) is 4.07. The Morgan fingerprint density at radius 1 is 1.42 bits per heavy atom. The van der Waals surface area contributed by atoms with Crippen molar-refractivity contribution >= 4 is 32.0 Å². The fraction of sp³-hybridized carbons (Fsp3) is 0.625. The zero-order chi connectivity index (χ0) is 8.85. The van der Waals surface area contributed by atoms with Crippen LogP contribution in [0.2, 0.25) is 0 Å². The zero-order valence-corrected chi connectivity index (χ0v) is 9.71. The summed E-state index contributed by atoms with van der Waals surface area (Å²) in [6.45, 7) is 8.25. The Morgan fingerprint density at radius 3 is 2.08 bits per heavy atom. The minimum absolute atomic E-state index is 0. The van der Waals surface area contributed by atoms with Crippen molar-refractivity contribution in [3.05, 3.63) is 15.5 Å². The highest BCUT2D eigenvalue weighted by Crippen LogP contribution is 2.09. The quantitative estimate of drug-likeness (QED) is 0.496. The predicted molar refractivity (Wildman–Crippen MR) is 60.6 cm³/mol. The Hall–Kier alpha value is -0.0851. The van der Waals surface area contributed by atoms with Crippen molar-refractivity contribution in [1.82, 2.24) is 4.57 Å². The molecule has 0 atom stereocenters. The van der Waals surface area contributed by atoms with Gasteiger partial charge in [0.15, 0.2) is 3.95 Å². The van der Waals surface area contributed by atoms with Gasteiger partial charge in [-0.2, -0.15) is 0 Å². The normalized spacial score (nSPS) is 8.42. The van der Waals surface area contributed by atoms with E-state index >= 15 is 0 Å². The van der Waals surface area contributed by atoms with Gasteiger partial charge >= 0.3 is 0 Å². The Bertz CT molecular complexity index is 239. The van der Waals surface area contributed by atoms with Gasteiger partial charge < -0.3 is 4.57 Å². The third-order valence-corrected chi connectivity index (χ3v) is 2.33. The summed E-state index contributed by atoms with van der Waals surface area (Å²) in [6.07, 6.45) is 2.03. The first kappa shape index (κ1) is 14.4. The molecular weight excluding hydrogens is 185 g/mol. The van der Waals surface area contributed by atoms with Crippen molar-refractivity contribution in [1.29, 1.82) is 0 Å². The lowest BCUT2D eigenvalue weighted by atomic mass is 10.4. The number of hydrogen-bond acceptors (Lipinski definition) is 2. The molecule has 3 radical (unpaired) electrons. The SMILES string of the molecule is CC.CC(C)n1ccsc1=S.[B]. The van der Waals surface area contributed by atoms with Gasteiger partial charge in [-0.05, 0) is 26.1 Å². The first-order valence-electron chi connectivity index (χ1n) is 3.87. The molecule has 0 aliphatic rings. The van der Waals surface area contributed by atoms with Crippen LogP contribution in [0.5, 0.6) is 0 Å². The lowest BCUT2D eigenvalue weighted by Gasteiger charge is -2.03. The average molecular weight is 200 g/mol. The molecule has 1 heterocycles. The van der Waals surface area contributed by atoms with Crippen LogP contribution < -0.4 is 0 Å². The fourth-order valence-electron chi connectivity index (χ4n) is 0.659. The second-order valence-electron chi connectivity index (χ2n) is 2.17. The Labute approximate surface area is 86.0 Å². The van der Waals surface area contributed by atoms with Crippen LogP contribution in [-0.2, 0) is 0 Å². The topological polar surface area (TPSA) is 4.93 Å². The van der Waals surface area contributed by atoms with Gasteiger partial charge in [0.1, 0.15) is 0 Å². The summed E-state index contributed by atoms with van der Waals surface area (Å²) < 4.78 is 3.05. The summed E-state index contributed by atoms with van der Waals surface area (Å²) in [4.78, 5) is 0. The van der Waals surface area contributed by atoms with Crippen LogP contribution >= 0.6 is 23.6 Å². The van der Waals surface area contributed by atoms with Crippen molar-refractivity contribution in [2.24, 2.45) is 0 Å². The van der Waals surface area contributed by atoms with E-state index in [0.717, 1.165) is 3.95 Å². The van der Waals surface area contributed by atoms with Crippen molar-refractivity contribution in [3.8, 4) is 0 Å². The molecule has 1 aromatic heterocycles. The molecule has 0 saturated carbocycles. The van der Waals surface area contributed by atoms with Crippen LogP contribution in [0.3, 0.4) is 0 Å². The maximum atomic E-state index is 5.04. The van der Waals surface area contributed by atoms with Gasteiger partial charge in [0, 0.05) is 26.0 Å². The monoisotopic (exact) mass is 200 g/mol. The number of thiazole rings is 1. The smallest absolute Gasteiger partial charge is 0.161 e. The Kier molecular flexibility index (Phi) is 9.09. The molecule has 4 heteroatoms. The molecule has 1 aromatic rings. The van der Waals surface area contributed by atoms with E-state index in [2.05, 4.69) is 18.4 Å². The van der Waals surface area contributed by atoms with E-state index in [0.29, 0.717) is 6.04 Å². The molecule has 0 aromatic carbocycles. The molecule has 0 N–H and O–H groups in total. The maximum absolute atomic E-state index is 5.04. The second-order valence-corrected chi connectivity index (χ2v) is 3.71. The third-order valence-electron chi connectivity index (χ3n) is 1.16. The van der Waals surface area contributed by atoms with Crippen molar-refractivity contribution < 1.29 is 0 Å². The summed E-state index contributed by atoms with van der Waals surface area (Å²) >= 11 is 6.65. The number of aromatic nitrogens is 1. The van der Waals surface area contributed by atoms with Gasteiger partial charge in [-0.25, -0.2) is 0 Å². The molecule has 0 saturated heterocycles. The van der Waals surface area contributed by atoms with E-state index in [-0.39, 0.29) is 8.41 Å². The molecular formula is C8H15BNS2. The molecule has 0 bridgehead atoms. The minimum Gasteiger partial charge on any atom is -0.328 e. The van der Waals surface area contributed by atoms with Gasteiger partial charge in [0.2, 0.25) is 0 Å². The molecule has 1 nitrogen and oxygen atoms in total. The molecule has 0 aliphatic carbocycles. The van der Waals surface area contributed by atoms with E-state index in [4.69, 9.17) is 12.2 Å². The highest BCUT2D eigenvalue weighted by Gasteiger charge is 1.95. The minimum atomic E-state index is 0. The number of nitrogens with zero attached hydrogens (tertiary/aromatic N) is 1. The molecule has 0 fully saturated rings. The second kappa shape index (κ2) is 7.56. The van der Waals surface area contributed by atoms with Crippen molar-refractivity contribution in [2.75, 3.05) is 0 Å².